The predicted octanol–water partition coefficient (Wildman–Crippen LogP) is 2.70. The van der Waals surface area contributed by atoms with Crippen LogP contribution in [0.3, 0.4) is 0 Å². The standard InChI is InChI=1S/C17H22N4O4S/c1-11-6-7-13(26(18,23)24)10-14(11)19-17(22)21-8-4-3-5-16(21)15-9-12(2)25-20-15/h6-7,9-10,16H,3-5,8H2,1-2H3,(H,19,22)(H2,18,23,24)/t16-/m0/s1. The van der Waals surface area contributed by atoms with E-state index in [1.165, 1.54) is 12.1 Å². The van der Waals surface area contributed by atoms with Crippen molar-refractivity contribution >= 4 is 21.7 Å². The quantitative estimate of drug-likeness (QED) is 0.851. The molecule has 0 radical (unpaired) electrons. The normalized spacial score (nSPS) is 18.0. The largest absolute Gasteiger partial charge is 0.361 e. The highest BCUT2D eigenvalue weighted by molar-refractivity contribution is 7.89. The van der Waals surface area contributed by atoms with Gasteiger partial charge in [-0.25, -0.2) is 18.4 Å². The first-order valence-corrected chi connectivity index (χ1v) is 9.94. The Hall–Kier alpha value is -2.39. The number of rotatable bonds is 3. The van der Waals surface area contributed by atoms with E-state index in [2.05, 4.69) is 10.5 Å². The summed E-state index contributed by atoms with van der Waals surface area (Å²) in [4.78, 5) is 14.5. The lowest BCUT2D eigenvalue weighted by Gasteiger charge is -2.34. The molecule has 1 aliphatic rings. The summed E-state index contributed by atoms with van der Waals surface area (Å²) in [7, 11) is -3.84. The zero-order chi connectivity index (χ0) is 18.9. The molecule has 1 fully saturated rings. The highest BCUT2D eigenvalue weighted by atomic mass is 32.2. The Bertz CT molecular complexity index is 923. The number of nitrogens with zero attached hydrogens (tertiary/aromatic N) is 2. The van der Waals surface area contributed by atoms with Gasteiger partial charge in [0, 0.05) is 18.3 Å². The Morgan fingerprint density at radius 2 is 2.08 bits per heavy atom. The number of amides is 2. The second kappa shape index (κ2) is 7.08. The molecule has 3 N–H and O–H groups in total. The van der Waals surface area contributed by atoms with Crippen molar-refractivity contribution in [1.29, 1.82) is 0 Å². The Morgan fingerprint density at radius 1 is 1.31 bits per heavy atom. The maximum absolute atomic E-state index is 12.8. The second-order valence-corrected chi connectivity index (χ2v) is 8.08. The zero-order valence-electron chi connectivity index (χ0n) is 14.7. The molecule has 2 amide bonds. The molecular weight excluding hydrogens is 356 g/mol. The number of carbonyl (C=O) groups is 1. The first-order chi connectivity index (χ1) is 12.3. The van der Waals surface area contributed by atoms with E-state index in [-0.39, 0.29) is 17.0 Å². The number of hydrogen-bond donors (Lipinski definition) is 2. The maximum atomic E-state index is 12.8. The first kappa shape index (κ1) is 18.4. The molecule has 2 aromatic rings. The molecule has 8 nitrogen and oxygen atoms in total. The van der Waals surface area contributed by atoms with Gasteiger partial charge in [-0.3, -0.25) is 0 Å². The summed E-state index contributed by atoms with van der Waals surface area (Å²) >= 11 is 0. The molecule has 1 saturated heterocycles. The molecule has 0 saturated carbocycles. The molecule has 0 unspecified atom stereocenters. The van der Waals surface area contributed by atoms with Gasteiger partial charge in [-0.15, -0.1) is 0 Å². The molecule has 0 aliphatic carbocycles. The molecule has 2 heterocycles. The van der Waals surface area contributed by atoms with Gasteiger partial charge in [-0.2, -0.15) is 0 Å². The molecule has 26 heavy (non-hydrogen) atoms. The number of likely N-dealkylation sites (tertiary alicyclic amines) is 1. The fourth-order valence-electron chi connectivity index (χ4n) is 3.12. The Morgan fingerprint density at radius 3 is 2.73 bits per heavy atom. The number of anilines is 1. The van der Waals surface area contributed by atoms with Gasteiger partial charge in [-0.1, -0.05) is 11.2 Å². The highest BCUT2D eigenvalue weighted by Gasteiger charge is 2.30. The SMILES string of the molecule is Cc1cc([C@@H]2CCCCN2C(=O)Nc2cc(S(N)(=O)=O)ccc2C)no1. The number of nitrogens with two attached hydrogens (primary N) is 1. The Kier molecular flexibility index (Phi) is 5.01. The van der Waals surface area contributed by atoms with Crippen LogP contribution in [0.1, 0.15) is 42.3 Å². The van der Waals surface area contributed by atoms with Crippen molar-refractivity contribution in [2.45, 2.75) is 44.0 Å². The topological polar surface area (TPSA) is 119 Å². The fourth-order valence-corrected chi connectivity index (χ4v) is 3.66. The fraction of sp³-hybridized carbons (Fsp3) is 0.412. The predicted molar refractivity (Wildman–Crippen MR) is 96.1 cm³/mol. The molecule has 9 heteroatoms. The summed E-state index contributed by atoms with van der Waals surface area (Å²) in [6.45, 7) is 4.19. The maximum Gasteiger partial charge on any atom is 0.322 e. The summed E-state index contributed by atoms with van der Waals surface area (Å²) in [6.07, 6.45) is 2.70. The number of nitrogens with one attached hydrogen (secondary N) is 1. The number of aromatic nitrogens is 1. The van der Waals surface area contributed by atoms with E-state index >= 15 is 0 Å². The van der Waals surface area contributed by atoms with Crippen LogP contribution in [0, 0.1) is 13.8 Å². The van der Waals surface area contributed by atoms with Crippen LogP contribution in [0.25, 0.3) is 0 Å². The third kappa shape index (κ3) is 3.88. The van der Waals surface area contributed by atoms with Crippen LogP contribution in [-0.2, 0) is 10.0 Å². The van der Waals surface area contributed by atoms with Crippen LogP contribution in [0.15, 0.2) is 33.7 Å². The first-order valence-electron chi connectivity index (χ1n) is 8.40. The van der Waals surface area contributed by atoms with Crippen LogP contribution < -0.4 is 10.5 Å². The summed E-state index contributed by atoms with van der Waals surface area (Å²) in [5.41, 5.74) is 1.89. The lowest BCUT2D eigenvalue weighted by Crippen LogP contribution is -2.41. The monoisotopic (exact) mass is 378 g/mol. The van der Waals surface area contributed by atoms with E-state index < -0.39 is 10.0 Å². The lowest BCUT2D eigenvalue weighted by molar-refractivity contribution is 0.159. The smallest absolute Gasteiger partial charge is 0.322 e. The molecule has 1 atom stereocenters. The van der Waals surface area contributed by atoms with Crippen molar-refractivity contribution in [1.82, 2.24) is 10.1 Å². The van der Waals surface area contributed by atoms with Gasteiger partial charge in [0.2, 0.25) is 10.0 Å². The Labute approximate surface area is 152 Å². The van der Waals surface area contributed by atoms with Crippen LogP contribution in [0.2, 0.25) is 0 Å². The summed E-state index contributed by atoms with van der Waals surface area (Å²) in [5, 5.41) is 12.0. The van der Waals surface area contributed by atoms with E-state index in [9.17, 15) is 13.2 Å². The van der Waals surface area contributed by atoms with Gasteiger partial charge in [0.15, 0.2) is 0 Å². The van der Waals surface area contributed by atoms with Gasteiger partial charge in [0.05, 0.1) is 10.9 Å². The molecule has 0 bridgehead atoms. The van der Waals surface area contributed by atoms with Gasteiger partial charge in [0.25, 0.3) is 0 Å². The van der Waals surface area contributed by atoms with E-state index in [0.717, 1.165) is 30.5 Å². The molecule has 0 spiro atoms. The Balaban J connectivity index is 1.84. The van der Waals surface area contributed by atoms with Gasteiger partial charge < -0.3 is 14.7 Å². The van der Waals surface area contributed by atoms with Gasteiger partial charge in [-0.05, 0) is 50.8 Å². The number of primary sulfonamides is 1. The summed E-state index contributed by atoms with van der Waals surface area (Å²) < 4.78 is 28.3. The zero-order valence-corrected chi connectivity index (χ0v) is 15.5. The molecule has 1 aromatic carbocycles. The van der Waals surface area contributed by atoms with Crippen molar-refractivity contribution in [3.8, 4) is 0 Å². The average Bonchev–Trinajstić information content (AvgIpc) is 3.02. The second-order valence-electron chi connectivity index (χ2n) is 6.52. The minimum absolute atomic E-state index is 0.0410. The van der Waals surface area contributed by atoms with Crippen LogP contribution in [0.5, 0.6) is 0 Å². The molecule has 140 valence electrons. The van der Waals surface area contributed by atoms with Crippen LogP contribution in [0.4, 0.5) is 10.5 Å². The van der Waals surface area contributed by atoms with E-state index in [4.69, 9.17) is 9.66 Å². The van der Waals surface area contributed by atoms with E-state index in [1.54, 1.807) is 17.9 Å². The molecule has 3 rings (SSSR count). The third-order valence-electron chi connectivity index (χ3n) is 4.53. The number of carbonyl (C=O) groups excluding carboxylic acids is 1. The number of aryl methyl sites for hydroxylation is 2. The van der Waals surface area contributed by atoms with E-state index in [0.29, 0.717) is 18.0 Å². The van der Waals surface area contributed by atoms with Crippen molar-refractivity contribution in [2.24, 2.45) is 5.14 Å². The number of sulfonamides is 1. The van der Waals surface area contributed by atoms with Crippen molar-refractivity contribution in [2.75, 3.05) is 11.9 Å². The minimum Gasteiger partial charge on any atom is -0.361 e. The van der Waals surface area contributed by atoms with Crippen LogP contribution >= 0.6 is 0 Å². The van der Waals surface area contributed by atoms with Gasteiger partial charge in [0.1, 0.15) is 11.5 Å². The number of piperidine rings is 1. The van der Waals surface area contributed by atoms with E-state index in [1.807, 2.05) is 13.0 Å². The number of urea groups is 1. The van der Waals surface area contributed by atoms with Crippen LogP contribution in [-0.4, -0.2) is 31.1 Å². The number of benzene rings is 1. The van der Waals surface area contributed by atoms with Crippen molar-refractivity contribution < 1.29 is 17.7 Å². The summed E-state index contributed by atoms with van der Waals surface area (Å²) in [5.74, 6) is 0.697. The third-order valence-corrected chi connectivity index (χ3v) is 5.44. The molecule has 1 aliphatic heterocycles. The minimum atomic E-state index is -3.84. The van der Waals surface area contributed by atoms with Crippen molar-refractivity contribution in [3.05, 3.63) is 41.3 Å². The van der Waals surface area contributed by atoms with Crippen molar-refractivity contribution in [3.63, 3.8) is 0 Å². The highest BCUT2D eigenvalue weighted by Crippen LogP contribution is 2.31. The number of hydrogen-bond acceptors (Lipinski definition) is 5. The lowest BCUT2D eigenvalue weighted by atomic mass is 9.99. The average molecular weight is 378 g/mol. The summed E-state index contributed by atoms with van der Waals surface area (Å²) in [6, 6.07) is 5.78. The molecular formula is C17H22N4O4S. The van der Waals surface area contributed by atoms with Gasteiger partial charge >= 0.3 is 6.03 Å². The molecule has 1 aromatic heterocycles.